The van der Waals surface area contributed by atoms with Gasteiger partial charge in [-0.25, -0.2) is 26.3 Å². The normalized spacial score (nSPS) is 9.90. The van der Waals surface area contributed by atoms with E-state index in [1.807, 2.05) is 0 Å². The summed E-state index contributed by atoms with van der Waals surface area (Å²) in [4.78, 5) is 0. The fraction of sp³-hybridized carbons (Fsp3) is 0. The van der Waals surface area contributed by atoms with Crippen molar-refractivity contribution in [1.82, 2.24) is 0 Å². The second kappa shape index (κ2) is 12.5. The molecule has 4 nitrogen and oxygen atoms in total. The monoisotopic (exact) mass is 672 g/mol. The molecule has 0 saturated carbocycles. The average molecular weight is 674 g/mol. The number of nitriles is 4. The van der Waals surface area contributed by atoms with Gasteiger partial charge in [-0.1, -0.05) is 56.1 Å². The molecule has 0 radical (unpaired) electrons. The van der Waals surface area contributed by atoms with Crippen LogP contribution in [-0.4, -0.2) is 0 Å². The Bertz CT molecular complexity index is 1590. The predicted molar refractivity (Wildman–Crippen MR) is 138 cm³/mol. The quantitative estimate of drug-likeness (QED) is 0.199. The highest BCUT2D eigenvalue weighted by molar-refractivity contribution is 9.10. The Hall–Kier alpha value is -4.62. The first-order valence-electron chi connectivity index (χ1n) is 10.5. The van der Waals surface area contributed by atoms with E-state index < -0.39 is 68.3 Å². The Morgan fingerprint density at radius 1 is 0.400 bits per heavy atom. The van der Waals surface area contributed by atoms with E-state index in [9.17, 15) is 26.3 Å². The topological polar surface area (TPSA) is 95.2 Å². The molecule has 0 aliphatic carbocycles. The summed E-state index contributed by atoms with van der Waals surface area (Å²) in [5, 5.41) is 35.0. The Morgan fingerprint density at radius 3 is 0.825 bits per heavy atom. The molecule has 0 atom stereocenters. The van der Waals surface area contributed by atoms with Crippen LogP contribution in [0.25, 0.3) is 22.3 Å². The number of halogens is 8. The van der Waals surface area contributed by atoms with Crippen molar-refractivity contribution in [3.05, 3.63) is 115 Å². The highest BCUT2D eigenvalue weighted by Gasteiger charge is 2.27. The van der Waals surface area contributed by atoms with Gasteiger partial charge >= 0.3 is 0 Å². The molecule has 0 heterocycles. The second-order valence-corrected chi connectivity index (χ2v) is 9.43. The number of rotatable bonds is 2. The standard InChI is InChI=1S/2C14H4BrF3N2/c2*15-8-3-1-7(2-4-8)11-13(17)9(5-19)12(16)10(6-20)14(11)18/h2*1-4H. The first-order valence-corrected chi connectivity index (χ1v) is 12.1. The maximum absolute atomic E-state index is 14.1. The molecule has 4 aromatic rings. The van der Waals surface area contributed by atoms with Gasteiger partial charge in [0, 0.05) is 8.95 Å². The van der Waals surface area contributed by atoms with Gasteiger partial charge in [0.2, 0.25) is 0 Å². The van der Waals surface area contributed by atoms with E-state index >= 15 is 0 Å². The Kier molecular flexibility index (Phi) is 9.35. The molecule has 40 heavy (non-hydrogen) atoms. The molecule has 0 fully saturated rings. The van der Waals surface area contributed by atoms with Crippen LogP contribution in [0.1, 0.15) is 22.3 Å². The summed E-state index contributed by atoms with van der Waals surface area (Å²) >= 11 is 6.34. The largest absolute Gasteiger partial charge is 0.205 e. The van der Waals surface area contributed by atoms with Crippen molar-refractivity contribution in [2.45, 2.75) is 0 Å². The molecule has 196 valence electrons. The summed E-state index contributed by atoms with van der Waals surface area (Å²) in [7, 11) is 0. The van der Waals surface area contributed by atoms with Gasteiger partial charge in [-0.2, -0.15) is 21.0 Å². The molecule has 0 bridgehead atoms. The zero-order chi connectivity index (χ0) is 29.7. The molecule has 0 aliphatic heterocycles. The first kappa shape index (κ1) is 29.9. The summed E-state index contributed by atoms with van der Waals surface area (Å²) in [5.41, 5.74) is -4.85. The third-order valence-electron chi connectivity index (χ3n) is 5.35. The van der Waals surface area contributed by atoms with Crippen LogP contribution in [0.3, 0.4) is 0 Å². The van der Waals surface area contributed by atoms with Crippen LogP contribution in [-0.2, 0) is 0 Å². The van der Waals surface area contributed by atoms with Crippen molar-refractivity contribution in [2.75, 3.05) is 0 Å². The van der Waals surface area contributed by atoms with Crippen molar-refractivity contribution < 1.29 is 26.3 Å². The van der Waals surface area contributed by atoms with Crippen LogP contribution in [0.5, 0.6) is 0 Å². The smallest absolute Gasteiger partial charge is 0.164 e. The lowest BCUT2D eigenvalue weighted by Crippen LogP contribution is -2.03. The predicted octanol–water partition coefficient (Wildman–Crippen LogP) is 8.55. The maximum atomic E-state index is 14.1. The Labute approximate surface area is 239 Å². The summed E-state index contributed by atoms with van der Waals surface area (Å²) in [6.45, 7) is 0. The molecular weight excluding hydrogens is 666 g/mol. The highest BCUT2D eigenvalue weighted by atomic mass is 79.9. The number of hydrogen-bond acceptors (Lipinski definition) is 4. The summed E-state index contributed by atoms with van der Waals surface area (Å²) in [6.07, 6.45) is 0. The van der Waals surface area contributed by atoms with Gasteiger partial charge in [0.15, 0.2) is 34.9 Å². The van der Waals surface area contributed by atoms with Gasteiger partial charge in [0.05, 0.1) is 11.1 Å². The molecule has 0 aliphatic rings. The van der Waals surface area contributed by atoms with Crippen LogP contribution in [0, 0.1) is 80.2 Å². The van der Waals surface area contributed by atoms with E-state index in [1.165, 1.54) is 72.8 Å². The number of hydrogen-bond donors (Lipinski definition) is 0. The van der Waals surface area contributed by atoms with Crippen molar-refractivity contribution in [3.8, 4) is 46.5 Å². The maximum Gasteiger partial charge on any atom is 0.164 e. The van der Waals surface area contributed by atoms with Crippen LogP contribution >= 0.6 is 31.9 Å². The summed E-state index contributed by atoms with van der Waals surface area (Å²) in [5.74, 6) is -8.22. The minimum atomic E-state index is -1.48. The van der Waals surface area contributed by atoms with E-state index in [0.717, 1.165) is 0 Å². The first-order chi connectivity index (χ1) is 19.0. The lowest BCUT2D eigenvalue weighted by molar-refractivity contribution is 0.538. The molecule has 0 saturated heterocycles. The van der Waals surface area contributed by atoms with Gasteiger partial charge in [-0.15, -0.1) is 0 Å². The number of nitrogens with zero attached hydrogens (tertiary/aromatic N) is 4. The van der Waals surface area contributed by atoms with Gasteiger partial charge in [0.1, 0.15) is 46.5 Å². The van der Waals surface area contributed by atoms with Crippen LogP contribution in [0.2, 0.25) is 0 Å². The molecule has 4 rings (SSSR count). The summed E-state index contributed by atoms with van der Waals surface area (Å²) < 4.78 is 84.9. The van der Waals surface area contributed by atoms with Crippen molar-refractivity contribution in [3.63, 3.8) is 0 Å². The fourth-order valence-corrected chi connectivity index (χ4v) is 3.99. The van der Waals surface area contributed by atoms with Crippen molar-refractivity contribution in [2.24, 2.45) is 0 Å². The Morgan fingerprint density at radius 2 is 0.625 bits per heavy atom. The van der Waals surface area contributed by atoms with Gasteiger partial charge in [-0.3, -0.25) is 0 Å². The zero-order valence-corrected chi connectivity index (χ0v) is 22.6. The van der Waals surface area contributed by atoms with E-state index in [0.29, 0.717) is 8.95 Å². The molecule has 12 heteroatoms. The second-order valence-electron chi connectivity index (χ2n) is 7.59. The van der Waals surface area contributed by atoms with E-state index in [2.05, 4.69) is 31.9 Å². The molecule has 0 unspecified atom stereocenters. The van der Waals surface area contributed by atoms with Crippen molar-refractivity contribution >= 4 is 31.9 Å². The average Bonchev–Trinajstić information content (AvgIpc) is 2.92. The minimum absolute atomic E-state index is 0.108. The number of benzene rings is 4. The minimum Gasteiger partial charge on any atom is -0.205 e. The fourth-order valence-electron chi connectivity index (χ4n) is 3.46. The van der Waals surface area contributed by atoms with Crippen LogP contribution < -0.4 is 0 Å². The Balaban J connectivity index is 0.000000220. The van der Waals surface area contributed by atoms with Gasteiger partial charge < -0.3 is 0 Å². The molecule has 4 aromatic carbocycles. The van der Waals surface area contributed by atoms with Gasteiger partial charge in [-0.05, 0) is 35.4 Å². The van der Waals surface area contributed by atoms with Crippen LogP contribution in [0.15, 0.2) is 57.5 Å². The lowest BCUT2D eigenvalue weighted by Gasteiger charge is -2.09. The third-order valence-corrected chi connectivity index (χ3v) is 6.40. The zero-order valence-electron chi connectivity index (χ0n) is 19.4. The molecule has 0 aromatic heterocycles. The van der Waals surface area contributed by atoms with Gasteiger partial charge in [0.25, 0.3) is 0 Å². The molecule has 0 N–H and O–H groups in total. The lowest BCUT2D eigenvalue weighted by atomic mass is 9.98. The van der Waals surface area contributed by atoms with E-state index in [-0.39, 0.29) is 11.1 Å². The molecule has 0 amide bonds. The molecular formula is C28H8Br2F6N4. The van der Waals surface area contributed by atoms with E-state index in [1.54, 1.807) is 0 Å². The summed E-state index contributed by atoms with van der Waals surface area (Å²) in [6, 6.07) is 17.0. The van der Waals surface area contributed by atoms with E-state index in [4.69, 9.17) is 21.0 Å². The van der Waals surface area contributed by atoms with Crippen LogP contribution in [0.4, 0.5) is 26.3 Å². The third kappa shape index (κ3) is 5.55. The highest BCUT2D eigenvalue weighted by Crippen LogP contribution is 2.34. The molecule has 0 spiro atoms. The SMILES string of the molecule is N#Cc1c(F)c(C#N)c(F)c(-c2ccc(Br)cc2)c1F.N#Cc1c(F)c(C#N)c(F)c(-c2ccc(Br)cc2)c1F. The van der Waals surface area contributed by atoms with Crippen molar-refractivity contribution in [1.29, 1.82) is 21.0 Å².